The van der Waals surface area contributed by atoms with E-state index in [0.29, 0.717) is 11.2 Å². The minimum atomic E-state index is -2.44. The smallest absolute Gasteiger partial charge is 0.396 e. The minimum Gasteiger partial charge on any atom is -0.396 e. The SMILES string of the molecule is Cc1cc(C)c2op(F)oc3c(C)cc(C)cc3c2c1. The molecule has 20 heavy (non-hydrogen) atoms. The Bertz CT molecular complexity index is 795. The summed E-state index contributed by atoms with van der Waals surface area (Å²) in [5.74, 6) is 0. The Balaban J connectivity index is 2.70. The number of aryl methyl sites for hydroxylation is 4. The van der Waals surface area contributed by atoms with E-state index in [2.05, 4.69) is 0 Å². The molecule has 0 aliphatic heterocycles. The summed E-state index contributed by atoms with van der Waals surface area (Å²) in [6, 6.07) is 8.04. The van der Waals surface area contributed by atoms with Crippen LogP contribution in [0.2, 0.25) is 0 Å². The summed E-state index contributed by atoms with van der Waals surface area (Å²) in [4.78, 5) is 0. The fraction of sp³-hybridized carbons (Fsp3) is 0.250. The van der Waals surface area contributed by atoms with Gasteiger partial charge in [0.2, 0.25) is 0 Å². The highest BCUT2D eigenvalue weighted by molar-refractivity contribution is 7.31. The van der Waals surface area contributed by atoms with Gasteiger partial charge >= 0.3 is 8.32 Å². The molecule has 0 radical (unpaired) electrons. The number of halogens is 1. The maximum Gasteiger partial charge on any atom is 0.430 e. The molecule has 104 valence electrons. The van der Waals surface area contributed by atoms with Crippen LogP contribution in [-0.4, -0.2) is 0 Å². The van der Waals surface area contributed by atoms with Gasteiger partial charge in [0.05, 0.1) is 0 Å². The van der Waals surface area contributed by atoms with Gasteiger partial charge in [0.1, 0.15) is 11.2 Å². The molecule has 0 aliphatic carbocycles. The van der Waals surface area contributed by atoms with E-state index in [0.717, 1.165) is 33.0 Å². The van der Waals surface area contributed by atoms with Crippen LogP contribution in [0.4, 0.5) is 4.20 Å². The third-order valence-electron chi connectivity index (χ3n) is 3.45. The largest absolute Gasteiger partial charge is 0.430 e. The van der Waals surface area contributed by atoms with Gasteiger partial charge in [0.25, 0.3) is 0 Å². The van der Waals surface area contributed by atoms with Gasteiger partial charge in [-0.05, 0) is 62.1 Å². The van der Waals surface area contributed by atoms with Crippen molar-refractivity contribution >= 4 is 30.3 Å². The Morgan fingerprint density at radius 2 is 1.15 bits per heavy atom. The quantitative estimate of drug-likeness (QED) is 0.488. The maximum absolute atomic E-state index is 14.0. The molecule has 0 saturated heterocycles. The van der Waals surface area contributed by atoms with E-state index >= 15 is 0 Å². The maximum atomic E-state index is 14.0. The molecule has 0 N–H and O–H groups in total. The molecule has 0 saturated carbocycles. The fourth-order valence-electron chi connectivity index (χ4n) is 2.71. The summed E-state index contributed by atoms with van der Waals surface area (Å²) >= 11 is 0. The van der Waals surface area contributed by atoms with Crippen LogP contribution in [0.15, 0.2) is 32.7 Å². The van der Waals surface area contributed by atoms with Crippen molar-refractivity contribution in [3.05, 3.63) is 46.5 Å². The highest BCUT2D eigenvalue weighted by atomic mass is 31.1. The van der Waals surface area contributed by atoms with Gasteiger partial charge in [-0.25, -0.2) is 0 Å². The number of hydrogen-bond acceptors (Lipinski definition) is 2. The Morgan fingerprint density at radius 3 is 1.55 bits per heavy atom. The summed E-state index contributed by atoms with van der Waals surface area (Å²) in [5.41, 5.74) is 5.29. The first-order valence-corrected chi connectivity index (χ1v) is 7.57. The lowest BCUT2D eigenvalue weighted by molar-refractivity contribution is 0.580. The van der Waals surface area contributed by atoms with Crippen LogP contribution in [0.25, 0.3) is 21.9 Å². The van der Waals surface area contributed by atoms with Crippen molar-refractivity contribution in [3.63, 3.8) is 0 Å². The van der Waals surface area contributed by atoms with Crippen LogP contribution in [0.5, 0.6) is 0 Å². The molecular weight excluding hydrogens is 274 g/mol. The molecule has 0 aliphatic rings. The highest BCUT2D eigenvalue weighted by Crippen LogP contribution is 2.38. The molecule has 0 fully saturated rings. The fourth-order valence-corrected chi connectivity index (χ4v) is 3.52. The second kappa shape index (κ2) is 4.68. The lowest BCUT2D eigenvalue weighted by Crippen LogP contribution is -1.83. The second-order valence-electron chi connectivity index (χ2n) is 5.31. The molecule has 3 rings (SSSR count). The lowest BCUT2D eigenvalue weighted by atomic mass is 10.0. The van der Waals surface area contributed by atoms with Crippen molar-refractivity contribution in [3.8, 4) is 0 Å². The average molecular weight is 290 g/mol. The monoisotopic (exact) mass is 290 g/mol. The number of rotatable bonds is 0. The predicted molar refractivity (Wildman–Crippen MR) is 81.8 cm³/mol. The third-order valence-corrected chi connectivity index (χ3v) is 4.11. The van der Waals surface area contributed by atoms with E-state index in [-0.39, 0.29) is 0 Å². The van der Waals surface area contributed by atoms with E-state index in [4.69, 9.17) is 8.39 Å². The molecule has 0 bridgehead atoms. The molecule has 2 nitrogen and oxygen atoms in total. The molecule has 2 aromatic carbocycles. The van der Waals surface area contributed by atoms with Gasteiger partial charge < -0.3 is 8.39 Å². The summed E-state index contributed by atoms with van der Waals surface area (Å²) < 4.78 is 24.8. The van der Waals surface area contributed by atoms with Crippen LogP contribution in [0.1, 0.15) is 22.3 Å². The highest BCUT2D eigenvalue weighted by Gasteiger charge is 2.11. The Morgan fingerprint density at radius 1 is 0.750 bits per heavy atom. The molecule has 0 spiro atoms. The normalized spacial score (nSPS) is 11.2. The first kappa shape index (κ1) is 13.3. The van der Waals surface area contributed by atoms with E-state index < -0.39 is 8.32 Å². The van der Waals surface area contributed by atoms with E-state index in [1.165, 1.54) is 0 Å². The van der Waals surface area contributed by atoms with Crippen LogP contribution >= 0.6 is 8.32 Å². The first-order chi connectivity index (χ1) is 9.45. The molecule has 1 aromatic heterocycles. The zero-order chi connectivity index (χ0) is 14.4. The van der Waals surface area contributed by atoms with Crippen LogP contribution in [0, 0.1) is 27.7 Å². The molecule has 0 amide bonds. The van der Waals surface area contributed by atoms with E-state index in [9.17, 15) is 4.20 Å². The molecule has 1 heterocycles. The second-order valence-corrected chi connectivity index (χ2v) is 6.10. The van der Waals surface area contributed by atoms with Gasteiger partial charge in [-0.3, -0.25) is 0 Å². The average Bonchev–Trinajstić information content (AvgIpc) is 2.48. The molecule has 4 heteroatoms. The topological polar surface area (TPSA) is 26.3 Å². The zero-order valence-corrected chi connectivity index (χ0v) is 12.8. The molecule has 0 unspecified atom stereocenters. The van der Waals surface area contributed by atoms with Crippen molar-refractivity contribution in [1.82, 2.24) is 0 Å². The minimum absolute atomic E-state index is 0.591. The van der Waals surface area contributed by atoms with Gasteiger partial charge in [-0.1, -0.05) is 12.1 Å². The predicted octanol–water partition coefficient (Wildman–Crippen LogP) is 6.26. The Hall–Kier alpha value is -1.73. The first-order valence-electron chi connectivity index (χ1n) is 6.50. The van der Waals surface area contributed by atoms with Crippen LogP contribution < -0.4 is 0 Å². The Kier molecular flexibility index (Phi) is 3.10. The summed E-state index contributed by atoms with van der Waals surface area (Å²) in [6.45, 7) is 7.92. The number of hydrogen-bond donors (Lipinski definition) is 0. The zero-order valence-electron chi connectivity index (χ0n) is 12.0. The van der Waals surface area contributed by atoms with Gasteiger partial charge in [0.15, 0.2) is 0 Å². The number of benzene rings is 2. The third kappa shape index (κ3) is 2.12. The van der Waals surface area contributed by atoms with Crippen molar-refractivity contribution in [2.75, 3.05) is 0 Å². The van der Waals surface area contributed by atoms with E-state index in [1.54, 1.807) is 0 Å². The van der Waals surface area contributed by atoms with Gasteiger partial charge in [-0.15, -0.1) is 4.20 Å². The van der Waals surface area contributed by atoms with Crippen molar-refractivity contribution < 1.29 is 12.6 Å². The van der Waals surface area contributed by atoms with E-state index in [1.807, 2.05) is 52.0 Å². The molecule has 0 atom stereocenters. The van der Waals surface area contributed by atoms with Gasteiger partial charge in [0, 0.05) is 10.8 Å². The standard InChI is InChI=1S/C16H16FO2P/c1-9-5-11(3)15-13(7-9)14-8-10(2)6-12(4)16(14)19-20(17)18-15/h5-8H,1-4H3. The molecular formula is C16H16FO2P. The Labute approximate surface area is 117 Å². The summed E-state index contributed by atoms with van der Waals surface area (Å²) in [6.07, 6.45) is 0. The summed E-state index contributed by atoms with van der Waals surface area (Å²) in [5, 5.41) is 1.82. The molecule has 3 aromatic rings. The lowest BCUT2D eigenvalue weighted by Gasteiger charge is -2.03. The van der Waals surface area contributed by atoms with Crippen molar-refractivity contribution in [1.29, 1.82) is 0 Å². The number of fused-ring (bicyclic) bond motifs is 3. The van der Waals surface area contributed by atoms with Crippen LogP contribution in [0.3, 0.4) is 0 Å². The summed E-state index contributed by atoms with van der Waals surface area (Å²) in [7, 11) is -2.44. The van der Waals surface area contributed by atoms with Gasteiger partial charge in [-0.2, -0.15) is 0 Å². The van der Waals surface area contributed by atoms with Crippen molar-refractivity contribution in [2.45, 2.75) is 27.7 Å². The van der Waals surface area contributed by atoms with Crippen molar-refractivity contribution in [2.24, 2.45) is 0 Å². The van der Waals surface area contributed by atoms with Crippen LogP contribution in [-0.2, 0) is 0 Å².